The van der Waals surface area contributed by atoms with Gasteiger partial charge in [0.05, 0.1) is 0 Å². The van der Waals surface area contributed by atoms with E-state index in [2.05, 4.69) is 60.2 Å². The molecule has 21 heavy (non-hydrogen) atoms. The van der Waals surface area contributed by atoms with Crippen LogP contribution in [0.1, 0.15) is 64.5 Å². The third-order valence-corrected chi connectivity index (χ3v) is 5.48. The third-order valence-electron chi connectivity index (χ3n) is 4.99. The summed E-state index contributed by atoms with van der Waals surface area (Å²) >= 11 is 3.58. The molecule has 1 aromatic rings. The average Bonchev–Trinajstić information content (AvgIpc) is 2.36. The summed E-state index contributed by atoms with van der Waals surface area (Å²) in [7, 11) is 0. The van der Waals surface area contributed by atoms with Crippen molar-refractivity contribution in [3.8, 4) is 5.75 Å². The number of hydrogen-bond donors (Lipinski definition) is 1. The molecule has 1 aliphatic heterocycles. The first-order valence-corrected chi connectivity index (χ1v) is 8.94. The smallest absolute Gasteiger partial charge is 0.126 e. The molecular weight excluding hydrogens is 326 g/mol. The van der Waals surface area contributed by atoms with Crippen molar-refractivity contribution in [3.05, 3.63) is 28.2 Å². The molecule has 2 atom stereocenters. The highest BCUT2D eigenvalue weighted by Gasteiger charge is 2.46. The van der Waals surface area contributed by atoms with E-state index in [0.29, 0.717) is 11.5 Å². The number of benzene rings is 1. The lowest BCUT2D eigenvalue weighted by Gasteiger charge is -2.49. The molecule has 1 heterocycles. The molecule has 1 spiro atoms. The molecule has 0 bridgehead atoms. The molecule has 2 aliphatic rings. The molecule has 1 aliphatic carbocycles. The fourth-order valence-corrected chi connectivity index (χ4v) is 4.61. The molecule has 3 heteroatoms. The van der Waals surface area contributed by atoms with Crippen molar-refractivity contribution < 1.29 is 4.74 Å². The monoisotopic (exact) mass is 351 g/mol. The van der Waals surface area contributed by atoms with Crippen LogP contribution < -0.4 is 10.1 Å². The summed E-state index contributed by atoms with van der Waals surface area (Å²) in [6, 6.07) is 6.88. The van der Waals surface area contributed by atoms with Gasteiger partial charge in [0.25, 0.3) is 0 Å². The lowest BCUT2D eigenvalue weighted by Crippen LogP contribution is -2.49. The molecule has 0 saturated heterocycles. The zero-order valence-electron chi connectivity index (χ0n) is 13.3. The minimum atomic E-state index is 0.0162. The molecule has 2 unspecified atom stereocenters. The van der Waals surface area contributed by atoms with Gasteiger partial charge in [0.2, 0.25) is 0 Å². The second-order valence-corrected chi connectivity index (χ2v) is 8.39. The second kappa shape index (κ2) is 5.58. The summed E-state index contributed by atoms with van der Waals surface area (Å²) in [6.07, 6.45) is 6.03. The van der Waals surface area contributed by atoms with E-state index in [1.807, 2.05) is 0 Å². The number of nitrogens with one attached hydrogen (secondary N) is 1. The van der Waals surface area contributed by atoms with Crippen LogP contribution in [0.15, 0.2) is 22.7 Å². The van der Waals surface area contributed by atoms with Gasteiger partial charge in [-0.15, -0.1) is 0 Å². The first-order chi connectivity index (χ1) is 9.93. The van der Waals surface area contributed by atoms with Crippen molar-refractivity contribution in [2.45, 2.75) is 64.5 Å². The highest BCUT2D eigenvalue weighted by atomic mass is 79.9. The van der Waals surface area contributed by atoms with Crippen LogP contribution in [0.3, 0.4) is 0 Å². The van der Waals surface area contributed by atoms with Crippen molar-refractivity contribution in [2.75, 3.05) is 6.54 Å². The predicted octanol–water partition coefficient (Wildman–Crippen LogP) is 5.22. The number of fused-ring (bicyclic) bond motifs is 1. The van der Waals surface area contributed by atoms with E-state index in [1.165, 1.54) is 24.8 Å². The lowest BCUT2D eigenvalue weighted by atomic mass is 9.66. The minimum Gasteiger partial charge on any atom is -0.487 e. The standard InChI is InChI=1S/C18H26BrNO/c1-4-20-15-11-18(9-5-8-17(2,3)12-18)21-16-10-13(19)6-7-14(15)16/h6-7,10,15,20H,4-5,8-9,11-12H2,1-3H3. The topological polar surface area (TPSA) is 21.3 Å². The van der Waals surface area contributed by atoms with E-state index < -0.39 is 0 Å². The Morgan fingerprint density at radius 2 is 2.14 bits per heavy atom. The Kier molecular flexibility index (Phi) is 4.08. The molecule has 0 amide bonds. The molecule has 3 rings (SSSR count). The highest BCUT2D eigenvalue weighted by molar-refractivity contribution is 9.10. The van der Waals surface area contributed by atoms with E-state index in [4.69, 9.17) is 4.74 Å². The lowest BCUT2D eigenvalue weighted by molar-refractivity contribution is -0.0418. The first kappa shape index (κ1) is 15.4. The number of ether oxygens (including phenoxy) is 1. The third kappa shape index (κ3) is 3.14. The van der Waals surface area contributed by atoms with Gasteiger partial charge in [-0.3, -0.25) is 0 Å². The summed E-state index contributed by atoms with van der Waals surface area (Å²) in [6.45, 7) is 7.96. The van der Waals surface area contributed by atoms with Crippen LogP contribution in [0.25, 0.3) is 0 Å². The SMILES string of the molecule is CCNC1CC2(CCCC(C)(C)C2)Oc2cc(Br)ccc21. The molecule has 1 aromatic carbocycles. The van der Waals surface area contributed by atoms with E-state index in [-0.39, 0.29) is 5.60 Å². The first-order valence-electron chi connectivity index (χ1n) is 8.15. The quantitative estimate of drug-likeness (QED) is 0.788. The number of hydrogen-bond acceptors (Lipinski definition) is 2. The maximum absolute atomic E-state index is 6.58. The van der Waals surface area contributed by atoms with Crippen LogP contribution in [0, 0.1) is 5.41 Å². The fraction of sp³-hybridized carbons (Fsp3) is 0.667. The van der Waals surface area contributed by atoms with E-state index >= 15 is 0 Å². The van der Waals surface area contributed by atoms with Gasteiger partial charge in [-0.2, -0.15) is 0 Å². The van der Waals surface area contributed by atoms with Crippen LogP contribution in [-0.2, 0) is 0 Å². The molecular formula is C18H26BrNO. The Balaban J connectivity index is 1.96. The van der Waals surface area contributed by atoms with E-state index in [9.17, 15) is 0 Å². The highest BCUT2D eigenvalue weighted by Crippen LogP contribution is 2.51. The van der Waals surface area contributed by atoms with Crippen LogP contribution in [-0.4, -0.2) is 12.1 Å². The Bertz CT molecular complexity index is 528. The second-order valence-electron chi connectivity index (χ2n) is 7.48. The van der Waals surface area contributed by atoms with Gasteiger partial charge >= 0.3 is 0 Å². The normalized spacial score (nSPS) is 30.8. The predicted molar refractivity (Wildman–Crippen MR) is 90.8 cm³/mol. The zero-order chi connectivity index (χ0) is 15.1. The van der Waals surface area contributed by atoms with Crippen molar-refractivity contribution in [2.24, 2.45) is 5.41 Å². The molecule has 1 N–H and O–H groups in total. The van der Waals surface area contributed by atoms with Crippen LogP contribution >= 0.6 is 15.9 Å². The van der Waals surface area contributed by atoms with Gasteiger partial charge < -0.3 is 10.1 Å². The van der Waals surface area contributed by atoms with Gasteiger partial charge in [-0.25, -0.2) is 0 Å². The molecule has 0 radical (unpaired) electrons. The maximum atomic E-state index is 6.58. The summed E-state index contributed by atoms with van der Waals surface area (Å²) in [5.74, 6) is 1.07. The summed E-state index contributed by atoms with van der Waals surface area (Å²) in [4.78, 5) is 0. The molecule has 0 aromatic heterocycles. The van der Waals surface area contributed by atoms with Crippen LogP contribution in [0.5, 0.6) is 5.75 Å². The van der Waals surface area contributed by atoms with Crippen molar-refractivity contribution in [3.63, 3.8) is 0 Å². The molecule has 1 fully saturated rings. The Labute approximate surface area is 136 Å². The maximum Gasteiger partial charge on any atom is 0.126 e. The van der Waals surface area contributed by atoms with Crippen molar-refractivity contribution >= 4 is 15.9 Å². The fourth-order valence-electron chi connectivity index (χ4n) is 4.27. The molecule has 2 nitrogen and oxygen atoms in total. The average molecular weight is 352 g/mol. The van der Waals surface area contributed by atoms with Gasteiger partial charge in [-0.1, -0.05) is 42.8 Å². The van der Waals surface area contributed by atoms with Gasteiger partial charge in [0.1, 0.15) is 11.4 Å². The Hall–Kier alpha value is -0.540. The number of rotatable bonds is 2. The number of halogens is 1. The van der Waals surface area contributed by atoms with Gasteiger partial charge in [0, 0.05) is 22.5 Å². The van der Waals surface area contributed by atoms with Crippen LogP contribution in [0.4, 0.5) is 0 Å². The Morgan fingerprint density at radius 1 is 1.33 bits per heavy atom. The van der Waals surface area contributed by atoms with E-state index in [0.717, 1.165) is 29.6 Å². The minimum absolute atomic E-state index is 0.0162. The van der Waals surface area contributed by atoms with Gasteiger partial charge in [0.15, 0.2) is 0 Å². The molecule has 1 saturated carbocycles. The zero-order valence-corrected chi connectivity index (χ0v) is 14.9. The largest absolute Gasteiger partial charge is 0.487 e. The van der Waals surface area contributed by atoms with Crippen molar-refractivity contribution in [1.82, 2.24) is 5.32 Å². The van der Waals surface area contributed by atoms with E-state index in [1.54, 1.807) is 0 Å². The molecule has 116 valence electrons. The Morgan fingerprint density at radius 3 is 2.86 bits per heavy atom. The summed E-state index contributed by atoms with van der Waals surface area (Å²) in [5.41, 5.74) is 1.72. The van der Waals surface area contributed by atoms with Crippen molar-refractivity contribution in [1.29, 1.82) is 0 Å². The summed E-state index contributed by atoms with van der Waals surface area (Å²) in [5, 5.41) is 3.66. The van der Waals surface area contributed by atoms with Gasteiger partial charge in [-0.05, 0) is 49.8 Å². The summed E-state index contributed by atoms with van der Waals surface area (Å²) < 4.78 is 7.68. The van der Waals surface area contributed by atoms with Crippen LogP contribution in [0.2, 0.25) is 0 Å².